The normalized spacial score (nSPS) is 31.0. The van der Waals surface area contributed by atoms with Crippen molar-refractivity contribution in [2.45, 2.75) is 54.6 Å². The number of amides is 1. The molecule has 3 heterocycles. The van der Waals surface area contributed by atoms with E-state index in [1.165, 1.54) is 6.26 Å². The topological polar surface area (TPSA) is 69.7 Å². The van der Waals surface area contributed by atoms with Crippen molar-refractivity contribution >= 4 is 33.2 Å². The number of hydrogen-bond donors (Lipinski definition) is 1. The zero-order valence-corrected chi connectivity index (χ0v) is 18.1. The zero-order valence-electron chi connectivity index (χ0n) is 16.5. The molecule has 0 bridgehead atoms. The van der Waals surface area contributed by atoms with Gasteiger partial charge in [0.05, 0.1) is 22.5 Å². The summed E-state index contributed by atoms with van der Waals surface area (Å²) >= 11 is 1.77. The Labute approximate surface area is 172 Å². The highest BCUT2D eigenvalue weighted by Gasteiger charge is 2.43. The van der Waals surface area contributed by atoms with Crippen LogP contribution in [0.3, 0.4) is 0 Å². The van der Waals surface area contributed by atoms with Gasteiger partial charge in [-0.3, -0.25) is 9.69 Å². The third-order valence-electron chi connectivity index (χ3n) is 6.33. The number of rotatable bonds is 4. The van der Waals surface area contributed by atoms with E-state index in [0.717, 1.165) is 50.1 Å². The highest BCUT2D eigenvalue weighted by atomic mass is 32.2. The molecule has 0 radical (unpaired) electrons. The van der Waals surface area contributed by atoms with Gasteiger partial charge in [0.2, 0.25) is 5.91 Å². The summed E-state index contributed by atoms with van der Waals surface area (Å²) in [7, 11) is -1.08. The van der Waals surface area contributed by atoms with E-state index in [9.17, 15) is 13.2 Å². The molecule has 4 rings (SSSR count). The van der Waals surface area contributed by atoms with E-state index in [2.05, 4.69) is 22.2 Å². The number of sulfone groups is 1. The van der Waals surface area contributed by atoms with Crippen LogP contribution in [0.25, 0.3) is 0 Å². The van der Waals surface area contributed by atoms with Crippen LogP contribution in [0.15, 0.2) is 29.2 Å². The average Bonchev–Trinajstić information content (AvgIpc) is 3.33. The lowest BCUT2D eigenvalue weighted by Gasteiger charge is -2.45. The predicted octanol–water partition coefficient (Wildman–Crippen LogP) is 2.31. The fourth-order valence-electron chi connectivity index (χ4n) is 4.83. The maximum absolute atomic E-state index is 12.6. The van der Waals surface area contributed by atoms with Gasteiger partial charge in [0.25, 0.3) is 0 Å². The first-order valence-electron chi connectivity index (χ1n) is 10.1. The maximum atomic E-state index is 12.6. The maximum Gasteiger partial charge on any atom is 0.234 e. The Morgan fingerprint density at radius 1 is 1.14 bits per heavy atom. The van der Waals surface area contributed by atoms with Gasteiger partial charge in [-0.05, 0) is 75.1 Å². The summed E-state index contributed by atoms with van der Waals surface area (Å²) in [5.41, 5.74) is 1.05. The van der Waals surface area contributed by atoms with Gasteiger partial charge >= 0.3 is 0 Å². The predicted molar refractivity (Wildman–Crippen MR) is 113 cm³/mol. The Hall–Kier alpha value is -1.25. The largest absolute Gasteiger partial charge is 0.355 e. The van der Waals surface area contributed by atoms with Gasteiger partial charge in [-0.1, -0.05) is 0 Å². The molecule has 1 aromatic carbocycles. The third kappa shape index (κ3) is 3.91. The van der Waals surface area contributed by atoms with Crippen LogP contribution in [0, 0.1) is 5.92 Å². The lowest BCUT2D eigenvalue weighted by Crippen LogP contribution is -2.59. The molecule has 0 spiro atoms. The molecule has 4 atom stereocenters. The van der Waals surface area contributed by atoms with Gasteiger partial charge in [-0.25, -0.2) is 8.42 Å². The fraction of sp³-hybridized carbons (Fsp3) is 0.650. The first kappa shape index (κ1) is 20.0. The van der Waals surface area contributed by atoms with E-state index in [0.29, 0.717) is 10.8 Å². The molecule has 28 heavy (non-hydrogen) atoms. The molecule has 0 aliphatic carbocycles. The molecular weight excluding hydrogens is 394 g/mol. The molecule has 6 nitrogen and oxygen atoms in total. The van der Waals surface area contributed by atoms with Gasteiger partial charge in [0.15, 0.2) is 9.84 Å². The first-order chi connectivity index (χ1) is 13.3. The molecule has 4 unspecified atom stereocenters. The van der Waals surface area contributed by atoms with E-state index in [1.807, 2.05) is 12.1 Å². The van der Waals surface area contributed by atoms with E-state index >= 15 is 0 Å². The van der Waals surface area contributed by atoms with Crippen molar-refractivity contribution < 1.29 is 13.2 Å². The number of likely N-dealkylation sites (tertiary alicyclic amines) is 1. The van der Waals surface area contributed by atoms with Crippen molar-refractivity contribution in [2.24, 2.45) is 5.92 Å². The fourth-order valence-corrected chi connectivity index (χ4v) is 6.63. The van der Waals surface area contributed by atoms with Gasteiger partial charge in [0.1, 0.15) is 0 Å². The Morgan fingerprint density at radius 2 is 1.89 bits per heavy atom. The molecule has 1 N–H and O–H groups in total. The molecule has 8 heteroatoms. The first-order valence-corrected chi connectivity index (χ1v) is 13.0. The van der Waals surface area contributed by atoms with Gasteiger partial charge in [-0.15, -0.1) is 11.8 Å². The number of piperidine rings is 1. The number of carbonyl (C=O) groups excluding carboxylic acids is 1. The van der Waals surface area contributed by atoms with Crippen molar-refractivity contribution in [2.75, 3.05) is 30.5 Å². The van der Waals surface area contributed by atoms with Crippen LogP contribution in [0.2, 0.25) is 0 Å². The van der Waals surface area contributed by atoms with E-state index in [1.54, 1.807) is 23.9 Å². The monoisotopic (exact) mass is 423 g/mol. The zero-order chi connectivity index (χ0) is 19.9. The van der Waals surface area contributed by atoms with Crippen LogP contribution in [-0.2, 0) is 14.6 Å². The molecule has 0 saturated carbocycles. The number of fused-ring (bicyclic) bond motifs is 1. The van der Waals surface area contributed by atoms with Crippen molar-refractivity contribution in [3.8, 4) is 0 Å². The second-order valence-corrected chi connectivity index (χ2v) is 11.5. The summed E-state index contributed by atoms with van der Waals surface area (Å²) in [6.07, 6.45) is 6.87. The Morgan fingerprint density at radius 3 is 2.54 bits per heavy atom. The van der Waals surface area contributed by atoms with E-state index in [-0.39, 0.29) is 23.5 Å². The summed E-state index contributed by atoms with van der Waals surface area (Å²) in [4.78, 5) is 17.6. The number of thioether (sulfide) groups is 1. The molecule has 1 aromatic rings. The van der Waals surface area contributed by atoms with Crippen molar-refractivity contribution in [1.82, 2.24) is 10.2 Å². The molecule has 154 valence electrons. The van der Waals surface area contributed by atoms with Crippen LogP contribution in [-0.4, -0.2) is 62.4 Å². The number of nitrogens with one attached hydrogen (secondary N) is 1. The Kier molecular flexibility index (Phi) is 5.64. The minimum Gasteiger partial charge on any atom is -0.355 e. The SMILES string of the molecule is CN1C(NC(=O)C2CCCS2)CCC2CCN(c3ccc(S(C)(=O)=O)cc3)C21. The molecule has 3 fully saturated rings. The molecule has 0 aromatic heterocycles. The summed E-state index contributed by atoms with van der Waals surface area (Å²) < 4.78 is 23.5. The van der Waals surface area contributed by atoms with Crippen LogP contribution < -0.4 is 10.2 Å². The van der Waals surface area contributed by atoms with Gasteiger partial charge in [0, 0.05) is 18.5 Å². The summed E-state index contributed by atoms with van der Waals surface area (Å²) in [5.74, 6) is 1.84. The second kappa shape index (κ2) is 7.88. The standard InChI is InChI=1S/C20H29N3O3S2/c1-22-18(21-19(24)17-4-3-13-27-17)10-5-14-11-12-23(20(14)22)15-6-8-16(9-7-15)28(2,25)26/h6-9,14,17-18,20H,3-5,10-13H2,1-2H3,(H,21,24). The van der Waals surface area contributed by atoms with Crippen molar-refractivity contribution in [3.05, 3.63) is 24.3 Å². The van der Waals surface area contributed by atoms with E-state index < -0.39 is 9.84 Å². The highest BCUT2D eigenvalue weighted by Crippen LogP contribution is 2.39. The van der Waals surface area contributed by atoms with Gasteiger partial charge in [-0.2, -0.15) is 0 Å². The number of nitrogens with zero attached hydrogens (tertiary/aromatic N) is 2. The number of benzene rings is 1. The smallest absolute Gasteiger partial charge is 0.234 e. The Balaban J connectivity index is 1.48. The molecule has 3 aliphatic rings. The lowest BCUT2D eigenvalue weighted by molar-refractivity contribution is -0.123. The number of hydrogen-bond acceptors (Lipinski definition) is 6. The summed E-state index contributed by atoms with van der Waals surface area (Å²) in [5, 5.41) is 3.39. The van der Waals surface area contributed by atoms with E-state index in [4.69, 9.17) is 0 Å². The number of anilines is 1. The minimum absolute atomic E-state index is 0.0610. The lowest BCUT2D eigenvalue weighted by atomic mass is 9.92. The van der Waals surface area contributed by atoms with Crippen molar-refractivity contribution in [1.29, 1.82) is 0 Å². The molecule has 1 amide bonds. The molecule has 3 aliphatic heterocycles. The van der Waals surface area contributed by atoms with Crippen LogP contribution >= 0.6 is 11.8 Å². The third-order valence-corrected chi connectivity index (χ3v) is 8.83. The van der Waals surface area contributed by atoms with Crippen LogP contribution in [0.5, 0.6) is 0 Å². The van der Waals surface area contributed by atoms with Crippen LogP contribution in [0.1, 0.15) is 32.1 Å². The minimum atomic E-state index is -3.19. The second-order valence-electron chi connectivity index (χ2n) is 8.19. The quantitative estimate of drug-likeness (QED) is 0.801. The number of carbonyl (C=O) groups is 1. The van der Waals surface area contributed by atoms with Crippen LogP contribution in [0.4, 0.5) is 5.69 Å². The summed E-state index contributed by atoms with van der Waals surface area (Å²) in [6.45, 7) is 0.955. The average molecular weight is 424 g/mol. The molecule has 3 saturated heterocycles. The Bertz CT molecular complexity index is 822. The van der Waals surface area contributed by atoms with Gasteiger partial charge < -0.3 is 10.2 Å². The van der Waals surface area contributed by atoms with Crippen molar-refractivity contribution in [3.63, 3.8) is 0 Å². The highest BCUT2D eigenvalue weighted by molar-refractivity contribution is 8.00. The summed E-state index contributed by atoms with van der Waals surface area (Å²) in [6, 6.07) is 7.20. The molecular formula is C20H29N3O3S2.